The van der Waals surface area contributed by atoms with Crippen LogP contribution in [0.5, 0.6) is 11.5 Å². The molecule has 1 aromatic rings. The summed E-state index contributed by atoms with van der Waals surface area (Å²) < 4.78 is 11.2. The maximum Gasteiger partial charge on any atom is 0.246 e. The molecular weight excluding hydrogens is 332 g/mol. The molecule has 24 heavy (non-hydrogen) atoms. The first-order chi connectivity index (χ1) is 11.4. The molecule has 0 radical (unpaired) electrons. The number of carbonyl (C=O) groups excluding carboxylic acids is 2. The van der Waals surface area contributed by atoms with E-state index >= 15 is 0 Å². The Morgan fingerprint density at radius 3 is 2.62 bits per heavy atom. The van der Waals surface area contributed by atoms with Crippen LogP contribution in [0, 0.1) is 0 Å². The van der Waals surface area contributed by atoms with E-state index in [2.05, 4.69) is 0 Å². The minimum atomic E-state index is -0.270. The molecule has 2 amide bonds. The highest BCUT2D eigenvalue weighted by molar-refractivity contribution is 6.32. The van der Waals surface area contributed by atoms with Crippen molar-refractivity contribution in [3.8, 4) is 11.5 Å². The van der Waals surface area contributed by atoms with Crippen molar-refractivity contribution < 1.29 is 19.1 Å². The van der Waals surface area contributed by atoms with Gasteiger partial charge in [-0.25, -0.2) is 0 Å². The number of hydrogen-bond donors (Lipinski definition) is 0. The van der Waals surface area contributed by atoms with Crippen LogP contribution in [-0.2, 0) is 9.59 Å². The van der Waals surface area contributed by atoms with Gasteiger partial charge in [-0.3, -0.25) is 9.59 Å². The first-order valence-corrected chi connectivity index (χ1v) is 7.98. The van der Waals surface area contributed by atoms with E-state index in [9.17, 15) is 9.59 Å². The lowest BCUT2D eigenvalue weighted by molar-refractivity contribution is -0.135. The van der Waals surface area contributed by atoms with Gasteiger partial charge in [0.25, 0.3) is 0 Å². The Morgan fingerprint density at radius 2 is 1.92 bits per heavy atom. The molecule has 0 saturated carbocycles. The number of fused-ring (bicyclic) bond motifs is 1. The van der Waals surface area contributed by atoms with E-state index in [1.807, 2.05) is 0 Å². The molecular formula is C17H21ClN2O4. The molecule has 0 N–H and O–H groups in total. The van der Waals surface area contributed by atoms with Crippen molar-refractivity contribution in [1.29, 1.82) is 0 Å². The number of benzene rings is 1. The van der Waals surface area contributed by atoms with E-state index < -0.39 is 0 Å². The van der Waals surface area contributed by atoms with Crippen LogP contribution in [0.2, 0.25) is 5.02 Å². The molecule has 0 saturated heterocycles. The summed E-state index contributed by atoms with van der Waals surface area (Å²) >= 11 is 6.22. The van der Waals surface area contributed by atoms with Gasteiger partial charge in [0.05, 0.1) is 24.8 Å². The number of rotatable bonds is 4. The lowest BCUT2D eigenvalue weighted by Crippen LogP contribution is -2.36. The minimum Gasteiger partial charge on any atom is -0.489 e. The molecule has 0 aromatic heterocycles. The van der Waals surface area contributed by atoms with Crippen LogP contribution in [0.3, 0.4) is 0 Å². The fraction of sp³-hybridized carbons (Fsp3) is 0.412. The largest absolute Gasteiger partial charge is 0.489 e. The van der Waals surface area contributed by atoms with E-state index in [4.69, 9.17) is 21.1 Å². The SMILES string of the molecule is CN(C)C(=O)CN(C)C(=O)/C=C/c1cc(Cl)c2c(c1)OCCCO2. The Hall–Kier alpha value is -2.21. The van der Waals surface area contributed by atoms with Crippen LogP contribution in [0.4, 0.5) is 0 Å². The van der Waals surface area contributed by atoms with Crippen molar-refractivity contribution in [2.45, 2.75) is 6.42 Å². The monoisotopic (exact) mass is 352 g/mol. The molecule has 0 spiro atoms. The number of likely N-dealkylation sites (N-methyl/N-ethyl adjacent to an activating group) is 2. The lowest BCUT2D eigenvalue weighted by atomic mass is 10.2. The zero-order valence-corrected chi connectivity index (χ0v) is 14.8. The predicted molar refractivity (Wildman–Crippen MR) is 92.4 cm³/mol. The first kappa shape index (κ1) is 18.1. The number of hydrogen-bond acceptors (Lipinski definition) is 4. The highest BCUT2D eigenvalue weighted by Gasteiger charge is 2.15. The first-order valence-electron chi connectivity index (χ1n) is 7.61. The Morgan fingerprint density at radius 1 is 1.21 bits per heavy atom. The molecule has 1 aliphatic heterocycles. The smallest absolute Gasteiger partial charge is 0.246 e. The maximum absolute atomic E-state index is 12.1. The minimum absolute atomic E-state index is 0.0259. The number of ether oxygens (including phenoxy) is 2. The van der Waals surface area contributed by atoms with Crippen LogP contribution in [0.1, 0.15) is 12.0 Å². The van der Waals surface area contributed by atoms with Crippen LogP contribution in [-0.4, -0.2) is 62.5 Å². The van der Waals surface area contributed by atoms with Crippen molar-refractivity contribution >= 4 is 29.5 Å². The molecule has 0 aliphatic carbocycles. The van der Waals surface area contributed by atoms with Gasteiger partial charge < -0.3 is 19.3 Å². The second kappa shape index (κ2) is 8.06. The highest BCUT2D eigenvalue weighted by atomic mass is 35.5. The van der Waals surface area contributed by atoms with Gasteiger partial charge in [0.2, 0.25) is 11.8 Å². The van der Waals surface area contributed by atoms with Crippen molar-refractivity contribution in [1.82, 2.24) is 9.80 Å². The fourth-order valence-corrected chi connectivity index (χ4v) is 2.34. The molecule has 1 aliphatic rings. The third kappa shape index (κ3) is 4.64. The van der Waals surface area contributed by atoms with Gasteiger partial charge in [-0.05, 0) is 23.8 Å². The average molecular weight is 353 g/mol. The van der Waals surface area contributed by atoms with E-state index in [1.165, 1.54) is 15.9 Å². The Kier molecular flexibility index (Phi) is 6.09. The zero-order chi connectivity index (χ0) is 17.7. The van der Waals surface area contributed by atoms with Crippen LogP contribution >= 0.6 is 11.6 Å². The summed E-state index contributed by atoms with van der Waals surface area (Å²) in [6, 6.07) is 3.49. The normalized spacial score (nSPS) is 13.5. The molecule has 2 rings (SSSR count). The standard InChI is InChI=1S/C17H21ClN2O4/c1-19(2)16(22)11-20(3)15(21)6-5-12-9-13(18)17-14(10-12)23-7-4-8-24-17/h5-6,9-10H,4,7-8,11H2,1-3H3/b6-5+. The third-order valence-corrected chi connectivity index (χ3v) is 3.77. The summed E-state index contributed by atoms with van der Waals surface area (Å²) in [7, 11) is 4.88. The van der Waals surface area contributed by atoms with Gasteiger partial charge >= 0.3 is 0 Å². The van der Waals surface area contributed by atoms with E-state index in [0.717, 1.165) is 12.0 Å². The summed E-state index contributed by atoms with van der Waals surface area (Å²) in [5.74, 6) is 0.695. The van der Waals surface area contributed by atoms with Crippen LogP contribution < -0.4 is 9.47 Å². The Balaban J connectivity index is 2.08. The Bertz CT molecular complexity index is 658. The topological polar surface area (TPSA) is 59.1 Å². The molecule has 1 aromatic carbocycles. The van der Waals surface area contributed by atoms with Gasteiger partial charge in [-0.2, -0.15) is 0 Å². The van der Waals surface area contributed by atoms with E-state index in [1.54, 1.807) is 39.4 Å². The van der Waals surface area contributed by atoms with Gasteiger partial charge in [-0.1, -0.05) is 11.6 Å². The maximum atomic E-state index is 12.1. The van der Waals surface area contributed by atoms with Crippen molar-refractivity contribution in [3.05, 3.63) is 28.8 Å². The van der Waals surface area contributed by atoms with Crippen molar-refractivity contribution in [2.24, 2.45) is 0 Å². The second-order valence-corrected chi connectivity index (χ2v) is 6.10. The van der Waals surface area contributed by atoms with Gasteiger partial charge in [0, 0.05) is 33.6 Å². The fourth-order valence-electron chi connectivity index (χ4n) is 2.06. The predicted octanol–water partition coefficient (Wildman–Crippen LogP) is 2.06. The highest BCUT2D eigenvalue weighted by Crippen LogP contribution is 2.38. The third-order valence-electron chi connectivity index (χ3n) is 3.49. The van der Waals surface area contributed by atoms with E-state index in [0.29, 0.717) is 29.7 Å². The second-order valence-electron chi connectivity index (χ2n) is 5.70. The van der Waals surface area contributed by atoms with Crippen LogP contribution in [0.25, 0.3) is 6.08 Å². The Labute approximate surface area is 146 Å². The molecule has 6 nitrogen and oxygen atoms in total. The van der Waals surface area contributed by atoms with Crippen molar-refractivity contribution in [3.63, 3.8) is 0 Å². The molecule has 0 atom stereocenters. The van der Waals surface area contributed by atoms with Crippen molar-refractivity contribution in [2.75, 3.05) is 40.9 Å². The number of amides is 2. The average Bonchev–Trinajstić information content (AvgIpc) is 2.78. The summed E-state index contributed by atoms with van der Waals surface area (Å²) in [5.41, 5.74) is 0.727. The summed E-state index contributed by atoms with van der Waals surface area (Å²) in [6.45, 7) is 1.15. The molecule has 0 unspecified atom stereocenters. The number of nitrogens with zero attached hydrogens (tertiary/aromatic N) is 2. The molecule has 0 fully saturated rings. The quantitative estimate of drug-likeness (QED) is 0.778. The van der Waals surface area contributed by atoms with Gasteiger partial charge in [0.1, 0.15) is 0 Å². The number of halogens is 1. The summed E-state index contributed by atoms with van der Waals surface area (Å²) in [6.07, 6.45) is 3.83. The number of carbonyl (C=O) groups is 2. The summed E-state index contributed by atoms with van der Waals surface area (Å²) in [5, 5.41) is 0.442. The van der Waals surface area contributed by atoms with E-state index in [-0.39, 0.29) is 18.4 Å². The molecule has 1 heterocycles. The van der Waals surface area contributed by atoms with Crippen LogP contribution in [0.15, 0.2) is 18.2 Å². The molecule has 7 heteroatoms. The van der Waals surface area contributed by atoms with Gasteiger partial charge in [-0.15, -0.1) is 0 Å². The summed E-state index contributed by atoms with van der Waals surface area (Å²) in [4.78, 5) is 26.5. The zero-order valence-electron chi connectivity index (χ0n) is 14.0. The van der Waals surface area contributed by atoms with Gasteiger partial charge in [0.15, 0.2) is 11.5 Å². The molecule has 130 valence electrons. The molecule has 0 bridgehead atoms. The lowest BCUT2D eigenvalue weighted by Gasteiger charge is -2.17.